The van der Waals surface area contributed by atoms with Crippen molar-refractivity contribution in [1.82, 2.24) is 4.90 Å². The molecule has 4 heteroatoms. The molecular formula is C17H24N2O2. The molecule has 0 saturated carbocycles. The molecule has 1 fully saturated rings. The summed E-state index contributed by atoms with van der Waals surface area (Å²) >= 11 is 0. The Bertz CT molecular complexity index is 531. The van der Waals surface area contributed by atoms with Gasteiger partial charge in [0.05, 0.1) is 11.5 Å². The van der Waals surface area contributed by atoms with Crippen molar-refractivity contribution >= 4 is 11.6 Å². The quantitative estimate of drug-likeness (QED) is 0.834. The van der Waals surface area contributed by atoms with E-state index in [4.69, 9.17) is 0 Å². The normalized spacial score (nSPS) is 27.7. The first-order chi connectivity index (χ1) is 9.96. The second-order valence-electron chi connectivity index (χ2n) is 6.74. The maximum Gasteiger partial charge on any atom is 0.230 e. The first-order valence-electron chi connectivity index (χ1n) is 7.83. The topological polar surface area (TPSA) is 52.6 Å². The highest BCUT2D eigenvalue weighted by atomic mass is 16.3. The maximum absolute atomic E-state index is 12.9. The molecule has 1 aromatic rings. The lowest BCUT2D eigenvalue weighted by molar-refractivity contribution is -0.136. The molecule has 2 aliphatic heterocycles. The van der Waals surface area contributed by atoms with E-state index in [9.17, 15) is 9.90 Å². The predicted octanol–water partition coefficient (Wildman–Crippen LogP) is 2.35. The van der Waals surface area contributed by atoms with Gasteiger partial charge in [0.1, 0.15) is 0 Å². The first kappa shape index (κ1) is 14.4. The van der Waals surface area contributed by atoms with E-state index in [1.807, 2.05) is 30.0 Å². The predicted molar refractivity (Wildman–Crippen MR) is 83.3 cm³/mol. The molecule has 2 N–H and O–H groups in total. The Morgan fingerprint density at radius 3 is 2.71 bits per heavy atom. The lowest BCUT2D eigenvalue weighted by atomic mass is 9.85. The van der Waals surface area contributed by atoms with Crippen LogP contribution < -0.4 is 5.32 Å². The Labute approximate surface area is 126 Å². The number of nitrogens with one attached hydrogen (secondary N) is 1. The van der Waals surface area contributed by atoms with E-state index in [0.29, 0.717) is 32.0 Å². The Kier molecular flexibility index (Phi) is 3.66. The van der Waals surface area contributed by atoms with Crippen LogP contribution in [0.25, 0.3) is 0 Å². The van der Waals surface area contributed by atoms with Gasteiger partial charge < -0.3 is 15.3 Å². The molecule has 0 spiro atoms. The number of nitrogens with zero attached hydrogens (tertiary/aromatic N) is 1. The summed E-state index contributed by atoms with van der Waals surface area (Å²) in [5.74, 6) is 0.159. The van der Waals surface area contributed by atoms with Crippen molar-refractivity contribution in [3.63, 3.8) is 0 Å². The van der Waals surface area contributed by atoms with Crippen molar-refractivity contribution in [2.75, 3.05) is 18.4 Å². The zero-order valence-corrected chi connectivity index (χ0v) is 12.8. The average molecular weight is 288 g/mol. The molecule has 1 saturated heterocycles. The third kappa shape index (κ3) is 2.91. The number of carbonyl (C=O) groups is 1. The van der Waals surface area contributed by atoms with Crippen molar-refractivity contribution in [3.8, 4) is 0 Å². The van der Waals surface area contributed by atoms with Crippen LogP contribution >= 0.6 is 0 Å². The third-order valence-electron chi connectivity index (χ3n) is 4.78. The summed E-state index contributed by atoms with van der Waals surface area (Å²) in [4.78, 5) is 14.8. The number of hydrogen-bond acceptors (Lipinski definition) is 3. The largest absolute Gasteiger partial charge is 0.390 e. The van der Waals surface area contributed by atoms with Crippen molar-refractivity contribution in [1.29, 1.82) is 0 Å². The van der Waals surface area contributed by atoms with E-state index >= 15 is 0 Å². The van der Waals surface area contributed by atoms with Gasteiger partial charge >= 0.3 is 0 Å². The fourth-order valence-corrected chi connectivity index (χ4v) is 3.40. The Balaban J connectivity index is 1.79. The van der Waals surface area contributed by atoms with Crippen LogP contribution in [0.2, 0.25) is 0 Å². The van der Waals surface area contributed by atoms with Gasteiger partial charge in [0, 0.05) is 24.8 Å². The molecule has 1 aromatic carbocycles. The number of likely N-dealkylation sites (tertiary alicyclic amines) is 1. The van der Waals surface area contributed by atoms with Crippen molar-refractivity contribution in [3.05, 3.63) is 29.8 Å². The van der Waals surface area contributed by atoms with Gasteiger partial charge in [-0.25, -0.2) is 0 Å². The lowest BCUT2D eigenvalue weighted by Crippen LogP contribution is -2.47. The zero-order chi connectivity index (χ0) is 15.0. The summed E-state index contributed by atoms with van der Waals surface area (Å²) < 4.78 is 0. The highest BCUT2D eigenvalue weighted by Gasteiger charge is 2.36. The highest BCUT2D eigenvalue weighted by Crippen LogP contribution is 2.36. The van der Waals surface area contributed by atoms with E-state index in [0.717, 1.165) is 17.7 Å². The molecule has 4 nitrogen and oxygen atoms in total. The fraction of sp³-hybridized carbons (Fsp3) is 0.588. The van der Waals surface area contributed by atoms with Crippen molar-refractivity contribution in [2.24, 2.45) is 0 Å². The monoisotopic (exact) mass is 288 g/mol. The molecule has 0 aromatic heterocycles. The highest BCUT2D eigenvalue weighted by molar-refractivity contribution is 5.86. The number of para-hydroxylation sites is 1. The number of benzene rings is 1. The molecular weight excluding hydrogens is 264 g/mol. The lowest BCUT2D eigenvalue weighted by Gasteiger charge is -2.39. The number of carbonyl (C=O) groups excluding carboxylic acids is 1. The summed E-state index contributed by atoms with van der Waals surface area (Å²) in [5.41, 5.74) is 1.58. The Hall–Kier alpha value is -1.55. The summed E-state index contributed by atoms with van der Waals surface area (Å²) in [6.07, 6.45) is 2.17. The van der Waals surface area contributed by atoms with E-state index in [1.165, 1.54) is 0 Å². The average Bonchev–Trinajstić information content (AvgIpc) is 2.45. The van der Waals surface area contributed by atoms with Gasteiger partial charge in [-0.1, -0.05) is 18.2 Å². The standard InChI is InChI=1S/C17H24N2O2/c1-12-11-14(13-5-3-4-6-15(13)18-12)16(20)19-9-7-17(2,21)8-10-19/h3-6,12,14,18,21H,7-11H2,1-2H3. The van der Waals surface area contributed by atoms with Crippen LogP contribution in [0, 0.1) is 0 Å². The summed E-state index contributed by atoms with van der Waals surface area (Å²) in [7, 11) is 0. The number of aliphatic hydroxyl groups is 1. The molecule has 1 amide bonds. The number of amides is 1. The van der Waals surface area contributed by atoms with Crippen molar-refractivity contribution in [2.45, 2.75) is 50.7 Å². The van der Waals surface area contributed by atoms with Crippen molar-refractivity contribution < 1.29 is 9.90 Å². The van der Waals surface area contributed by atoms with E-state index in [-0.39, 0.29) is 11.8 Å². The molecule has 21 heavy (non-hydrogen) atoms. The van der Waals surface area contributed by atoms with E-state index in [1.54, 1.807) is 0 Å². The van der Waals surface area contributed by atoms with Gasteiger partial charge in [-0.05, 0) is 44.7 Å². The molecule has 2 heterocycles. The van der Waals surface area contributed by atoms with Gasteiger partial charge in [-0.2, -0.15) is 0 Å². The van der Waals surface area contributed by atoms with Gasteiger partial charge in [-0.15, -0.1) is 0 Å². The van der Waals surface area contributed by atoms with Crippen LogP contribution in [0.4, 0.5) is 5.69 Å². The van der Waals surface area contributed by atoms with Crippen LogP contribution in [0.1, 0.15) is 44.6 Å². The summed E-state index contributed by atoms with van der Waals surface area (Å²) in [5, 5.41) is 13.5. The van der Waals surface area contributed by atoms with Crippen LogP contribution in [0.5, 0.6) is 0 Å². The minimum Gasteiger partial charge on any atom is -0.390 e. The Morgan fingerprint density at radius 2 is 2.00 bits per heavy atom. The second-order valence-corrected chi connectivity index (χ2v) is 6.74. The molecule has 3 rings (SSSR count). The maximum atomic E-state index is 12.9. The smallest absolute Gasteiger partial charge is 0.230 e. The van der Waals surface area contributed by atoms with E-state index < -0.39 is 5.60 Å². The molecule has 0 bridgehead atoms. The first-order valence-corrected chi connectivity index (χ1v) is 7.83. The molecule has 0 radical (unpaired) electrons. The van der Waals surface area contributed by atoms with Crippen LogP contribution in [0.15, 0.2) is 24.3 Å². The van der Waals surface area contributed by atoms with Crippen LogP contribution in [-0.4, -0.2) is 40.6 Å². The SMILES string of the molecule is CC1CC(C(=O)N2CCC(C)(O)CC2)c2ccccc2N1. The van der Waals surface area contributed by atoms with Gasteiger partial charge in [0.15, 0.2) is 0 Å². The second kappa shape index (κ2) is 5.34. The number of piperidine rings is 1. The number of fused-ring (bicyclic) bond motifs is 1. The van der Waals surface area contributed by atoms with E-state index in [2.05, 4.69) is 18.3 Å². The summed E-state index contributed by atoms with van der Waals surface area (Å²) in [6.45, 7) is 5.30. The van der Waals surface area contributed by atoms with Gasteiger partial charge in [0.25, 0.3) is 0 Å². The fourth-order valence-electron chi connectivity index (χ4n) is 3.40. The molecule has 2 unspecified atom stereocenters. The Morgan fingerprint density at radius 1 is 1.33 bits per heavy atom. The third-order valence-corrected chi connectivity index (χ3v) is 4.78. The molecule has 114 valence electrons. The zero-order valence-electron chi connectivity index (χ0n) is 12.8. The molecule has 2 aliphatic rings. The molecule has 0 aliphatic carbocycles. The van der Waals surface area contributed by atoms with Gasteiger partial charge in [0.2, 0.25) is 5.91 Å². The van der Waals surface area contributed by atoms with Crippen LogP contribution in [0.3, 0.4) is 0 Å². The number of hydrogen-bond donors (Lipinski definition) is 2. The minimum atomic E-state index is -0.615. The van der Waals surface area contributed by atoms with Crippen LogP contribution in [-0.2, 0) is 4.79 Å². The minimum absolute atomic E-state index is 0.0551. The molecule has 2 atom stereocenters. The number of rotatable bonds is 1. The van der Waals surface area contributed by atoms with Gasteiger partial charge in [-0.3, -0.25) is 4.79 Å². The number of anilines is 1. The summed E-state index contributed by atoms with van der Waals surface area (Å²) in [6, 6.07) is 8.41.